The summed E-state index contributed by atoms with van der Waals surface area (Å²) in [5.41, 5.74) is 0. The molecule has 2 fully saturated rings. The normalized spacial score (nSPS) is 30.6. The molecule has 0 aromatic heterocycles. The fraction of sp³-hybridized carbons (Fsp3) is 0.889. The van der Waals surface area contributed by atoms with Crippen LogP contribution in [0.25, 0.3) is 0 Å². The lowest BCUT2D eigenvalue weighted by molar-refractivity contribution is -0.173. The van der Waals surface area contributed by atoms with Crippen LogP contribution in [-0.2, 0) is 9.63 Å². The Labute approximate surface area is 77.4 Å². The molecule has 1 aliphatic carbocycles. The minimum Gasteiger partial charge on any atom is -0.389 e. The van der Waals surface area contributed by atoms with Gasteiger partial charge in [0.05, 0.1) is 12.6 Å². The number of β-amino-alcohol motifs (C(OH)–C–C–N with tert-alkyl or cyclic N) is 1. The van der Waals surface area contributed by atoms with Crippen LogP contribution in [0.2, 0.25) is 0 Å². The van der Waals surface area contributed by atoms with Crippen molar-refractivity contribution in [3.63, 3.8) is 0 Å². The van der Waals surface area contributed by atoms with E-state index in [0.29, 0.717) is 12.5 Å². The van der Waals surface area contributed by atoms with Gasteiger partial charge < -0.3 is 5.11 Å². The van der Waals surface area contributed by atoms with Crippen LogP contribution in [0.15, 0.2) is 0 Å². The first-order valence-corrected chi connectivity index (χ1v) is 4.81. The van der Waals surface area contributed by atoms with Crippen molar-refractivity contribution in [2.75, 3.05) is 13.2 Å². The fourth-order valence-electron chi connectivity index (χ4n) is 1.65. The van der Waals surface area contributed by atoms with Gasteiger partial charge in [-0.2, -0.15) is 0 Å². The summed E-state index contributed by atoms with van der Waals surface area (Å²) in [5, 5.41) is 10.5. The zero-order chi connectivity index (χ0) is 9.42. The number of rotatable bonds is 2. The molecule has 1 amide bonds. The summed E-state index contributed by atoms with van der Waals surface area (Å²) in [6.07, 6.45) is 1.81. The molecule has 0 aromatic rings. The van der Waals surface area contributed by atoms with Gasteiger partial charge in [-0.05, 0) is 18.8 Å². The minimum absolute atomic E-state index is 0.0269. The SMILES string of the molecule is CC(C(=O)N1C[C@@H](O)CO1)C1CC1. The van der Waals surface area contributed by atoms with Crippen LogP contribution in [0.4, 0.5) is 0 Å². The molecular formula is C9H15NO3. The van der Waals surface area contributed by atoms with Crippen LogP contribution in [0, 0.1) is 11.8 Å². The predicted octanol–water partition coefficient (Wildman–Crippen LogP) is 0.167. The molecule has 2 aliphatic rings. The molecule has 4 nitrogen and oxygen atoms in total. The van der Waals surface area contributed by atoms with Gasteiger partial charge in [0, 0.05) is 5.92 Å². The van der Waals surface area contributed by atoms with E-state index in [0.717, 1.165) is 12.8 Å². The monoisotopic (exact) mass is 185 g/mol. The quantitative estimate of drug-likeness (QED) is 0.667. The fourth-order valence-corrected chi connectivity index (χ4v) is 1.65. The highest BCUT2D eigenvalue weighted by molar-refractivity contribution is 5.78. The molecule has 0 radical (unpaired) electrons. The summed E-state index contributed by atoms with van der Waals surface area (Å²) in [7, 11) is 0. The second-order valence-corrected chi connectivity index (χ2v) is 3.98. The predicted molar refractivity (Wildman–Crippen MR) is 45.6 cm³/mol. The number of carbonyl (C=O) groups excluding carboxylic acids is 1. The van der Waals surface area contributed by atoms with E-state index >= 15 is 0 Å². The van der Waals surface area contributed by atoms with Gasteiger partial charge in [-0.1, -0.05) is 6.92 Å². The molecule has 13 heavy (non-hydrogen) atoms. The van der Waals surface area contributed by atoms with Gasteiger partial charge in [0.15, 0.2) is 0 Å². The van der Waals surface area contributed by atoms with E-state index in [2.05, 4.69) is 0 Å². The number of hydrogen-bond donors (Lipinski definition) is 1. The topological polar surface area (TPSA) is 49.8 Å². The Balaban J connectivity index is 1.88. The first-order chi connectivity index (χ1) is 6.18. The summed E-state index contributed by atoms with van der Waals surface area (Å²) >= 11 is 0. The van der Waals surface area contributed by atoms with Crippen LogP contribution in [0.5, 0.6) is 0 Å². The number of hydroxylamine groups is 2. The summed E-state index contributed by atoms with van der Waals surface area (Å²) in [5.74, 6) is 0.637. The third kappa shape index (κ3) is 1.84. The maximum absolute atomic E-state index is 11.7. The number of amides is 1. The molecule has 1 heterocycles. The molecule has 4 heteroatoms. The highest BCUT2D eigenvalue weighted by Gasteiger charge is 2.37. The van der Waals surface area contributed by atoms with E-state index in [4.69, 9.17) is 9.94 Å². The highest BCUT2D eigenvalue weighted by atomic mass is 16.7. The summed E-state index contributed by atoms with van der Waals surface area (Å²) in [6, 6.07) is 0. The molecule has 1 saturated heterocycles. The van der Waals surface area contributed by atoms with Crippen molar-refractivity contribution in [1.29, 1.82) is 0 Å². The van der Waals surface area contributed by atoms with E-state index in [-0.39, 0.29) is 18.4 Å². The van der Waals surface area contributed by atoms with Crippen LogP contribution < -0.4 is 0 Å². The van der Waals surface area contributed by atoms with Crippen LogP contribution in [0.1, 0.15) is 19.8 Å². The minimum atomic E-state index is -0.504. The Bertz CT molecular complexity index is 215. The number of aliphatic hydroxyl groups is 1. The summed E-state index contributed by atoms with van der Waals surface area (Å²) in [4.78, 5) is 16.7. The van der Waals surface area contributed by atoms with Crippen molar-refractivity contribution in [3.05, 3.63) is 0 Å². The van der Waals surface area contributed by atoms with Crippen LogP contribution in [-0.4, -0.2) is 35.3 Å². The van der Waals surface area contributed by atoms with Gasteiger partial charge >= 0.3 is 0 Å². The Morgan fingerprint density at radius 3 is 2.77 bits per heavy atom. The zero-order valence-corrected chi connectivity index (χ0v) is 7.77. The Hall–Kier alpha value is -0.610. The highest BCUT2D eigenvalue weighted by Crippen LogP contribution is 2.37. The number of aliphatic hydroxyl groups excluding tert-OH is 1. The van der Waals surface area contributed by atoms with Crippen LogP contribution >= 0.6 is 0 Å². The molecule has 1 saturated carbocycles. The maximum Gasteiger partial charge on any atom is 0.249 e. The third-order valence-corrected chi connectivity index (χ3v) is 2.76. The second-order valence-electron chi connectivity index (χ2n) is 3.98. The number of nitrogens with zero attached hydrogens (tertiary/aromatic N) is 1. The first-order valence-electron chi connectivity index (χ1n) is 4.81. The number of hydrogen-bond acceptors (Lipinski definition) is 3. The molecule has 2 atom stereocenters. The lowest BCUT2D eigenvalue weighted by atomic mass is 10.1. The van der Waals surface area contributed by atoms with E-state index in [9.17, 15) is 4.79 Å². The smallest absolute Gasteiger partial charge is 0.249 e. The molecule has 0 spiro atoms. The number of carbonyl (C=O) groups is 1. The van der Waals surface area contributed by atoms with Crippen molar-refractivity contribution in [2.45, 2.75) is 25.9 Å². The van der Waals surface area contributed by atoms with E-state index in [1.54, 1.807) is 0 Å². The van der Waals surface area contributed by atoms with Gasteiger partial charge in [0.25, 0.3) is 0 Å². The Morgan fingerprint density at radius 2 is 2.31 bits per heavy atom. The van der Waals surface area contributed by atoms with Crippen molar-refractivity contribution in [3.8, 4) is 0 Å². The van der Waals surface area contributed by atoms with Crippen molar-refractivity contribution < 1.29 is 14.7 Å². The third-order valence-electron chi connectivity index (χ3n) is 2.76. The summed E-state index contributed by atoms with van der Waals surface area (Å²) < 4.78 is 0. The van der Waals surface area contributed by atoms with Gasteiger partial charge in [0.1, 0.15) is 6.61 Å². The van der Waals surface area contributed by atoms with Crippen molar-refractivity contribution >= 4 is 5.91 Å². The lowest BCUT2D eigenvalue weighted by Crippen LogP contribution is -2.33. The van der Waals surface area contributed by atoms with E-state index < -0.39 is 6.10 Å². The largest absolute Gasteiger partial charge is 0.389 e. The Morgan fingerprint density at radius 1 is 1.62 bits per heavy atom. The van der Waals surface area contributed by atoms with Crippen LogP contribution in [0.3, 0.4) is 0 Å². The van der Waals surface area contributed by atoms with E-state index in [1.807, 2.05) is 6.92 Å². The molecular weight excluding hydrogens is 170 g/mol. The first kappa shape index (κ1) is 8.97. The zero-order valence-electron chi connectivity index (χ0n) is 7.77. The van der Waals surface area contributed by atoms with Gasteiger partial charge in [0.2, 0.25) is 5.91 Å². The summed E-state index contributed by atoms with van der Waals surface area (Å²) in [6.45, 7) is 2.52. The van der Waals surface area contributed by atoms with E-state index in [1.165, 1.54) is 5.06 Å². The maximum atomic E-state index is 11.7. The molecule has 2 rings (SSSR count). The standard InChI is InChI=1S/C9H15NO3/c1-6(7-2-3-7)9(12)10-4-8(11)5-13-10/h6-8,11H,2-5H2,1H3/t6?,8-/m1/s1. The molecule has 74 valence electrons. The van der Waals surface area contributed by atoms with Gasteiger partial charge in [-0.3, -0.25) is 9.63 Å². The second kappa shape index (κ2) is 3.27. The molecule has 1 aliphatic heterocycles. The average molecular weight is 185 g/mol. The average Bonchev–Trinajstić information content (AvgIpc) is 2.87. The van der Waals surface area contributed by atoms with Gasteiger partial charge in [-0.25, -0.2) is 5.06 Å². The molecule has 0 bridgehead atoms. The molecule has 1 N–H and O–H groups in total. The Kier molecular flexibility index (Phi) is 2.26. The molecule has 0 aromatic carbocycles. The van der Waals surface area contributed by atoms with Crippen molar-refractivity contribution in [1.82, 2.24) is 5.06 Å². The van der Waals surface area contributed by atoms with Crippen molar-refractivity contribution in [2.24, 2.45) is 11.8 Å². The molecule has 1 unspecified atom stereocenters. The lowest BCUT2D eigenvalue weighted by Gasteiger charge is -2.18. The van der Waals surface area contributed by atoms with Gasteiger partial charge in [-0.15, -0.1) is 0 Å².